The summed E-state index contributed by atoms with van der Waals surface area (Å²) >= 11 is 3.39. The zero-order valence-corrected chi connectivity index (χ0v) is 23.4. The van der Waals surface area contributed by atoms with Gasteiger partial charge in [-0.1, -0.05) is 70.3 Å². The van der Waals surface area contributed by atoms with E-state index in [1.165, 1.54) is 45.3 Å². The van der Waals surface area contributed by atoms with Crippen molar-refractivity contribution < 1.29 is 10.2 Å². The van der Waals surface area contributed by atoms with Gasteiger partial charge < -0.3 is 25.3 Å². The van der Waals surface area contributed by atoms with Crippen molar-refractivity contribution in [1.82, 2.24) is 20.0 Å². The topological polar surface area (TPSA) is 62.2 Å². The highest BCUT2D eigenvalue weighted by atomic mass is 79.9. The first-order valence-electron chi connectivity index (χ1n) is 12.7. The Morgan fingerprint density at radius 3 is 1.48 bits per heavy atom. The van der Waals surface area contributed by atoms with Gasteiger partial charge in [0, 0.05) is 38.1 Å². The summed E-state index contributed by atoms with van der Waals surface area (Å²) in [6, 6.07) is 0. The highest BCUT2D eigenvalue weighted by Crippen LogP contribution is 1.96. The van der Waals surface area contributed by atoms with Gasteiger partial charge in [-0.2, -0.15) is 0 Å². The van der Waals surface area contributed by atoms with E-state index in [2.05, 4.69) is 77.5 Å². The van der Waals surface area contributed by atoms with E-state index in [9.17, 15) is 0 Å². The molecule has 7 heteroatoms. The number of nitrogens with one attached hydrogen (secondary N) is 1. The van der Waals surface area contributed by atoms with Crippen LogP contribution in [0, 0.1) is 0 Å². The molecule has 0 heterocycles. The molecule has 3 N–H and O–H groups in total. The van der Waals surface area contributed by atoms with Gasteiger partial charge in [0.1, 0.15) is 0 Å². The van der Waals surface area contributed by atoms with Crippen molar-refractivity contribution in [2.24, 2.45) is 0 Å². The first-order chi connectivity index (χ1) is 15.0. The van der Waals surface area contributed by atoms with Gasteiger partial charge in [-0.15, -0.1) is 0 Å². The van der Waals surface area contributed by atoms with Crippen LogP contribution >= 0.6 is 15.9 Å². The van der Waals surface area contributed by atoms with Crippen LogP contribution in [0.2, 0.25) is 0 Å². The summed E-state index contributed by atoms with van der Waals surface area (Å²) in [5, 5.41) is 21.4. The summed E-state index contributed by atoms with van der Waals surface area (Å²) in [6.45, 7) is 25.4. The molecule has 0 unspecified atom stereocenters. The van der Waals surface area contributed by atoms with Gasteiger partial charge in [-0.3, -0.25) is 4.90 Å². The van der Waals surface area contributed by atoms with Crippen molar-refractivity contribution in [1.29, 1.82) is 0 Å². The Bertz CT molecular complexity index is 289. The van der Waals surface area contributed by atoms with Gasteiger partial charge in [0.25, 0.3) is 0 Å². The van der Waals surface area contributed by atoms with Gasteiger partial charge >= 0.3 is 0 Å². The second-order valence-electron chi connectivity index (χ2n) is 7.49. The summed E-state index contributed by atoms with van der Waals surface area (Å²) in [6.07, 6.45) is 4.89. The normalized spacial score (nSPS) is 10.8. The molecule has 0 aliphatic carbocycles. The molecule has 0 amide bonds. The molecule has 0 bridgehead atoms. The smallest absolute Gasteiger partial charge is 0.0558 e. The number of halogens is 1. The lowest BCUT2D eigenvalue weighted by atomic mass is 10.3. The van der Waals surface area contributed by atoms with Crippen LogP contribution in [0.5, 0.6) is 0 Å². The minimum absolute atomic E-state index is 0.254. The van der Waals surface area contributed by atoms with Gasteiger partial charge in [0.05, 0.1) is 13.2 Å². The van der Waals surface area contributed by atoms with E-state index in [0.717, 1.165) is 57.7 Å². The standard InChI is InChI=1S/C12H28N2O.C6H14BrN.C6H15NO/c1-4-7-8-14(11-12-15)10-9-13(5-2)6-3;1-3-8(4-2)6-5-7;1-2-3-4-7-5-6-8/h15H,4-12H2,1-3H3;3-6H2,1-2H3;7-8H,2-6H2,1H3. The minimum Gasteiger partial charge on any atom is -0.395 e. The van der Waals surface area contributed by atoms with Crippen LogP contribution in [0.3, 0.4) is 0 Å². The van der Waals surface area contributed by atoms with Gasteiger partial charge in [-0.25, -0.2) is 0 Å². The Morgan fingerprint density at radius 1 is 0.581 bits per heavy atom. The Balaban J connectivity index is -0.000000415. The molecule has 0 spiro atoms. The molecule has 0 atom stereocenters. The number of alkyl halides is 1. The highest BCUT2D eigenvalue weighted by molar-refractivity contribution is 9.09. The third-order valence-corrected chi connectivity index (χ3v) is 5.52. The van der Waals surface area contributed by atoms with Gasteiger partial charge in [0.15, 0.2) is 0 Å². The molecule has 0 saturated heterocycles. The lowest BCUT2D eigenvalue weighted by Gasteiger charge is -2.25. The average molecular weight is 514 g/mol. The number of hydrogen-bond donors (Lipinski definition) is 3. The second-order valence-corrected chi connectivity index (χ2v) is 8.28. The lowest BCUT2D eigenvalue weighted by molar-refractivity contribution is 0.171. The second kappa shape index (κ2) is 32.4. The highest BCUT2D eigenvalue weighted by Gasteiger charge is 2.05. The SMILES string of the molecule is CCCCN(CCO)CCN(CC)CC.CCCCNCCO.CCN(CC)CCBr. The van der Waals surface area contributed by atoms with E-state index in [1.807, 2.05) is 0 Å². The van der Waals surface area contributed by atoms with Crippen LogP contribution in [-0.4, -0.2) is 115 Å². The Labute approximate surface area is 203 Å². The molecule has 0 aromatic carbocycles. The number of unbranched alkanes of at least 4 members (excludes halogenated alkanes) is 2. The van der Waals surface area contributed by atoms with Crippen molar-refractivity contribution in [3.8, 4) is 0 Å². The van der Waals surface area contributed by atoms with Gasteiger partial charge in [0.2, 0.25) is 0 Å². The molecule has 31 heavy (non-hydrogen) atoms. The molecule has 0 aromatic rings. The molecule has 0 aliphatic rings. The fourth-order valence-corrected chi connectivity index (χ4v) is 3.35. The largest absolute Gasteiger partial charge is 0.395 e. The molecular weight excluding hydrogens is 456 g/mol. The summed E-state index contributed by atoms with van der Waals surface area (Å²) in [7, 11) is 0. The maximum atomic E-state index is 8.96. The first-order valence-corrected chi connectivity index (χ1v) is 13.8. The monoisotopic (exact) mass is 512 g/mol. The molecule has 0 fully saturated rings. The summed E-state index contributed by atoms with van der Waals surface area (Å²) in [5.74, 6) is 0. The zero-order valence-electron chi connectivity index (χ0n) is 21.8. The predicted octanol–water partition coefficient (Wildman–Crippen LogP) is 3.51. The van der Waals surface area contributed by atoms with Crippen LogP contribution in [0.1, 0.15) is 67.2 Å². The molecule has 192 valence electrons. The fraction of sp³-hybridized carbons (Fsp3) is 1.00. The Kier molecular flexibility index (Phi) is 37.5. The van der Waals surface area contributed by atoms with E-state index in [4.69, 9.17) is 10.2 Å². The molecule has 0 aromatic heterocycles. The van der Waals surface area contributed by atoms with E-state index < -0.39 is 0 Å². The number of hydrogen-bond acceptors (Lipinski definition) is 6. The van der Waals surface area contributed by atoms with Crippen LogP contribution in [-0.2, 0) is 0 Å². The van der Waals surface area contributed by atoms with Crippen molar-refractivity contribution in [3.63, 3.8) is 0 Å². The maximum absolute atomic E-state index is 8.96. The van der Waals surface area contributed by atoms with E-state index in [0.29, 0.717) is 0 Å². The molecule has 6 nitrogen and oxygen atoms in total. The quantitative estimate of drug-likeness (QED) is 0.182. The number of likely N-dealkylation sites (N-methyl/N-ethyl adjacent to an activating group) is 1. The third kappa shape index (κ3) is 30.2. The maximum Gasteiger partial charge on any atom is 0.0558 e. The summed E-state index contributed by atoms with van der Waals surface area (Å²) < 4.78 is 0. The molecule has 0 aliphatic heterocycles. The number of aliphatic hydroxyl groups is 2. The van der Waals surface area contributed by atoms with Gasteiger partial charge in [-0.05, 0) is 52.1 Å². The number of aliphatic hydroxyl groups excluding tert-OH is 2. The van der Waals surface area contributed by atoms with Crippen molar-refractivity contribution >= 4 is 15.9 Å². The summed E-state index contributed by atoms with van der Waals surface area (Å²) in [4.78, 5) is 7.17. The van der Waals surface area contributed by atoms with Crippen LogP contribution in [0.15, 0.2) is 0 Å². The first kappa shape index (κ1) is 35.8. The lowest BCUT2D eigenvalue weighted by Crippen LogP contribution is -2.37. The average Bonchev–Trinajstić information content (AvgIpc) is 2.80. The molecule has 0 rings (SSSR count). The van der Waals surface area contributed by atoms with Crippen LogP contribution in [0.4, 0.5) is 0 Å². The van der Waals surface area contributed by atoms with Crippen molar-refractivity contribution in [3.05, 3.63) is 0 Å². The minimum atomic E-state index is 0.254. The number of rotatable bonds is 19. The predicted molar refractivity (Wildman–Crippen MR) is 143 cm³/mol. The van der Waals surface area contributed by atoms with Crippen molar-refractivity contribution in [2.75, 3.05) is 90.5 Å². The van der Waals surface area contributed by atoms with Crippen LogP contribution < -0.4 is 5.32 Å². The van der Waals surface area contributed by atoms with Crippen molar-refractivity contribution in [2.45, 2.75) is 67.2 Å². The zero-order chi connectivity index (χ0) is 24.2. The Hall–Kier alpha value is 0.240. The fourth-order valence-electron chi connectivity index (χ4n) is 2.85. The molecule has 0 saturated carbocycles. The molecule has 0 radical (unpaired) electrons. The van der Waals surface area contributed by atoms with E-state index in [-0.39, 0.29) is 13.2 Å². The van der Waals surface area contributed by atoms with E-state index in [1.54, 1.807) is 0 Å². The third-order valence-electron chi connectivity index (χ3n) is 5.16. The van der Waals surface area contributed by atoms with Crippen LogP contribution in [0.25, 0.3) is 0 Å². The van der Waals surface area contributed by atoms with E-state index >= 15 is 0 Å². The summed E-state index contributed by atoms with van der Waals surface area (Å²) in [5.41, 5.74) is 0. The molecular formula is C24H57BrN4O2. The number of nitrogens with zero attached hydrogens (tertiary/aromatic N) is 3. The Morgan fingerprint density at radius 2 is 1.10 bits per heavy atom.